The molecule has 0 unspecified atom stereocenters. The van der Waals surface area contributed by atoms with Gasteiger partial charge in [0, 0.05) is 19.0 Å². The van der Waals surface area contributed by atoms with Crippen molar-refractivity contribution < 1.29 is 8.42 Å². The Balaban J connectivity index is 1.83. The highest BCUT2D eigenvalue weighted by Gasteiger charge is 2.23. The lowest BCUT2D eigenvalue weighted by atomic mass is 10.1. The van der Waals surface area contributed by atoms with Crippen LogP contribution in [0.4, 0.5) is 0 Å². The zero-order chi connectivity index (χ0) is 14.6. The van der Waals surface area contributed by atoms with E-state index in [1.54, 1.807) is 0 Å². The number of imidazole rings is 1. The third-order valence-corrected chi connectivity index (χ3v) is 5.69. The van der Waals surface area contributed by atoms with Gasteiger partial charge in [-0.15, -0.1) is 0 Å². The van der Waals surface area contributed by atoms with Crippen LogP contribution < -0.4 is 5.32 Å². The van der Waals surface area contributed by atoms with Crippen molar-refractivity contribution in [2.45, 2.75) is 51.6 Å². The smallest absolute Gasteiger partial charge is 0.151 e. The summed E-state index contributed by atoms with van der Waals surface area (Å²) in [5.41, 5.74) is 0.895. The van der Waals surface area contributed by atoms with Crippen LogP contribution in [-0.4, -0.2) is 35.9 Å². The van der Waals surface area contributed by atoms with Crippen LogP contribution in [0.15, 0.2) is 0 Å². The Morgan fingerprint density at radius 1 is 1.40 bits per heavy atom. The Morgan fingerprint density at radius 2 is 2.10 bits per heavy atom. The lowest BCUT2D eigenvalue weighted by molar-refractivity contribution is 0.460. The van der Waals surface area contributed by atoms with Gasteiger partial charge in [-0.2, -0.15) is 0 Å². The monoisotopic (exact) mass is 319 g/mol. The summed E-state index contributed by atoms with van der Waals surface area (Å²) in [7, 11) is -2.80. The zero-order valence-corrected chi connectivity index (χ0v) is 13.4. The zero-order valence-electron chi connectivity index (χ0n) is 11.8. The van der Waals surface area contributed by atoms with E-state index in [2.05, 4.69) is 22.2 Å². The van der Waals surface area contributed by atoms with Gasteiger partial charge in [-0.05, 0) is 19.3 Å². The minimum absolute atomic E-state index is 0.247. The Bertz CT molecular complexity index is 528. The fourth-order valence-electron chi connectivity index (χ4n) is 2.36. The van der Waals surface area contributed by atoms with Gasteiger partial charge in [0.15, 0.2) is 5.15 Å². The molecule has 2 heterocycles. The maximum absolute atomic E-state index is 11.4. The van der Waals surface area contributed by atoms with E-state index in [1.807, 2.05) is 0 Å². The van der Waals surface area contributed by atoms with Crippen LogP contribution in [0.5, 0.6) is 0 Å². The number of unbranched alkanes of at least 4 members (excludes halogenated alkanes) is 1. The number of aryl methyl sites for hydroxylation is 1. The number of sulfone groups is 1. The summed E-state index contributed by atoms with van der Waals surface area (Å²) >= 11 is 6.11. The lowest BCUT2D eigenvalue weighted by Crippen LogP contribution is -2.37. The number of halogens is 1. The molecule has 0 spiro atoms. The Hall–Kier alpha value is -0.590. The van der Waals surface area contributed by atoms with Crippen LogP contribution in [0.25, 0.3) is 0 Å². The second kappa shape index (κ2) is 6.91. The molecule has 1 fully saturated rings. The average Bonchev–Trinajstić information content (AvgIpc) is 2.76. The lowest BCUT2D eigenvalue weighted by Gasteiger charge is -2.22. The standard InChI is InChI=1S/C13H22ClN3O2S/c1-2-3-4-12-16-11(13(14)17-12)9-15-10-5-7-20(18,19)8-6-10/h10,15H,2-9H2,1H3,(H,16,17). The highest BCUT2D eigenvalue weighted by molar-refractivity contribution is 7.91. The fraction of sp³-hybridized carbons (Fsp3) is 0.769. The van der Waals surface area contributed by atoms with E-state index in [1.165, 1.54) is 0 Å². The molecule has 2 N–H and O–H groups in total. The second-order valence-corrected chi connectivity index (χ2v) is 8.03. The van der Waals surface area contributed by atoms with Gasteiger partial charge in [0.1, 0.15) is 15.7 Å². The van der Waals surface area contributed by atoms with E-state index in [9.17, 15) is 8.42 Å². The molecule has 1 aliphatic heterocycles. The number of nitrogens with zero attached hydrogens (tertiary/aromatic N) is 1. The van der Waals surface area contributed by atoms with Crippen molar-refractivity contribution in [2.24, 2.45) is 0 Å². The van der Waals surface area contributed by atoms with Crippen molar-refractivity contribution in [2.75, 3.05) is 11.5 Å². The predicted octanol–water partition coefficient (Wildman–Crippen LogP) is 2.07. The molecular weight excluding hydrogens is 298 g/mol. The third-order valence-electron chi connectivity index (χ3n) is 3.67. The van der Waals surface area contributed by atoms with E-state index in [-0.39, 0.29) is 17.5 Å². The van der Waals surface area contributed by atoms with Crippen molar-refractivity contribution in [1.82, 2.24) is 15.3 Å². The molecule has 0 aromatic carbocycles. The summed E-state index contributed by atoms with van der Waals surface area (Å²) < 4.78 is 22.7. The minimum Gasteiger partial charge on any atom is -0.344 e. The molecule has 114 valence electrons. The van der Waals surface area contributed by atoms with Gasteiger partial charge in [0.2, 0.25) is 0 Å². The maximum Gasteiger partial charge on any atom is 0.151 e. The first kappa shape index (κ1) is 15.8. The predicted molar refractivity (Wildman–Crippen MR) is 80.7 cm³/mol. The minimum atomic E-state index is -2.80. The average molecular weight is 320 g/mol. The van der Waals surface area contributed by atoms with Crippen molar-refractivity contribution in [3.8, 4) is 0 Å². The summed E-state index contributed by atoms with van der Waals surface area (Å²) in [4.78, 5) is 7.56. The summed E-state index contributed by atoms with van der Waals surface area (Å²) in [6.45, 7) is 2.76. The molecule has 1 aliphatic rings. The highest BCUT2D eigenvalue weighted by atomic mass is 35.5. The number of nitrogens with one attached hydrogen (secondary N) is 2. The molecule has 1 saturated heterocycles. The van der Waals surface area contributed by atoms with Gasteiger partial charge in [0.25, 0.3) is 0 Å². The van der Waals surface area contributed by atoms with E-state index in [4.69, 9.17) is 11.6 Å². The Kier molecular flexibility index (Phi) is 5.46. The number of H-pyrrole nitrogens is 1. The largest absolute Gasteiger partial charge is 0.344 e. The summed E-state index contributed by atoms with van der Waals surface area (Å²) in [5.74, 6) is 1.49. The van der Waals surface area contributed by atoms with E-state index >= 15 is 0 Å². The SMILES string of the molecule is CCCCc1nc(Cl)c(CNC2CCS(=O)(=O)CC2)[nH]1. The topological polar surface area (TPSA) is 74.8 Å². The van der Waals surface area contributed by atoms with Crippen molar-refractivity contribution in [3.63, 3.8) is 0 Å². The molecule has 1 aromatic rings. The number of aromatic nitrogens is 2. The van der Waals surface area contributed by atoms with Gasteiger partial charge in [-0.1, -0.05) is 24.9 Å². The molecule has 5 nitrogen and oxygen atoms in total. The molecular formula is C13H22ClN3O2S. The van der Waals surface area contributed by atoms with Crippen LogP contribution in [0.2, 0.25) is 5.15 Å². The van der Waals surface area contributed by atoms with E-state index < -0.39 is 9.84 Å². The normalized spacial score (nSPS) is 19.3. The molecule has 0 radical (unpaired) electrons. The molecule has 0 atom stereocenters. The van der Waals surface area contributed by atoms with Crippen LogP contribution in [-0.2, 0) is 22.8 Å². The van der Waals surface area contributed by atoms with Crippen molar-refractivity contribution >= 4 is 21.4 Å². The second-order valence-electron chi connectivity index (χ2n) is 5.36. The quantitative estimate of drug-likeness (QED) is 0.841. The Morgan fingerprint density at radius 3 is 2.75 bits per heavy atom. The molecule has 0 saturated carbocycles. The number of rotatable bonds is 6. The molecule has 0 aliphatic carbocycles. The summed E-state index contributed by atoms with van der Waals surface area (Å²) in [6, 6.07) is 0.247. The van der Waals surface area contributed by atoms with Crippen molar-refractivity contribution in [1.29, 1.82) is 0 Å². The van der Waals surface area contributed by atoms with Crippen LogP contribution in [0.3, 0.4) is 0 Å². The van der Waals surface area contributed by atoms with Gasteiger partial charge in [-0.3, -0.25) is 0 Å². The van der Waals surface area contributed by atoms with Crippen LogP contribution in [0, 0.1) is 0 Å². The highest BCUT2D eigenvalue weighted by Crippen LogP contribution is 2.16. The van der Waals surface area contributed by atoms with Gasteiger partial charge < -0.3 is 10.3 Å². The number of aromatic amines is 1. The number of hydrogen-bond donors (Lipinski definition) is 2. The first-order valence-corrected chi connectivity index (χ1v) is 9.37. The molecule has 0 amide bonds. The number of hydrogen-bond acceptors (Lipinski definition) is 4. The molecule has 2 rings (SSSR count). The first-order chi connectivity index (χ1) is 9.50. The third kappa shape index (κ3) is 4.46. The van der Waals surface area contributed by atoms with E-state index in [0.29, 0.717) is 24.5 Å². The van der Waals surface area contributed by atoms with Gasteiger partial charge >= 0.3 is 0 Å². The van der Waals surface area contributed by atoms with E-state index in [0.717, 1.165) is 30.8 Å². The fourth-order valence-corrected chi connectivity index (χ4v) is 4.07. The Labute approximate surface area is 125 Å². The van der Waals surface area contributed by atoms with Crippen LogP contribution >= 0.6 is 11.6 Å². The van der Waals surface area contributed by atoms with Gasteiger partial charge in [0.05, 0.1) is 17.2 Å². The maximum atomic E-state index is 11.4. The van der Waals surface area contributed by atoms with Crippen LogP contribution in [0.1, 0.15) is 44.1 Å². The molecule has 20 heavy (non-hydrogen) atoms. The summed E-state index contributed by atoms with van der Waals surface area (Å²) in [6.07, 6.45) is 4.49. The molecule has 7 heteroatoms. The molecule has 1 aromatic heterocycles. The van der Waals surface area contributed by atoms with Crippen molar-refractivity contribution in [3.05, 3.63) is 16.7 Å². The van der Waals surface area contributed by atoms with Gasteiger partial charge in [-0.25, -0.2) is 13.4 Å². The first-order valence-electron chi connectivity index (χ1n) is 7.17. The molecule has 0 bridgehead atoms. The summed E-state index contributed by atoms with van der Waals surface area (Å²) in [5, 5.41) is 3.89.